The van der Waals surface area contributed by atoms with Crippen LogP contribution in [0.3, 0.4) is 0 Å². The van der Waals surface area contributed by atoms with Crippen LogP contribution in [0.4, 0.5) is 0 Å². The van der Waals surface area contributed by atoms with E-state index in [2.05, 4.69) is 9.27 Å². The Kier molecular flexibility index (Phi) is 2.23. The van der Waals surface area contributed by atoms with Gasteiger partial charge in [-0.05, 0) is 12.1 Å². The average Bonchev–Trinajstić information content (AvgIpc) is 2.05. The van der Waals surface area contributed by atoms with Gasteiger partial charge in [0.05, 0.1) is 0 Å². The summed E-state index contributed by atoms with van der Waals surface area (Å²) in [7, 11) is 0. The second-order valence-electron chi connectivity index (χ2n) is 1.58. The molecule has 0 bridgehead atoms. The molecule has 1 aromatic heterocycles. The number of pyridine rings is 1. The molecule has 0 unspecified atom stereocenters. The van der Waals surface area contributed by atoms with E-state index in [1.165, 1.54) is 12.3 Å². The van der Waals surface area contributed by atoms with E-state index < -0.39 is 5.97 Å². The first-order chi connectivity index (χ1) is 4.84. The molecule has 0 aromatic carbocycles. The standard InChI is InChI=1S/C6H4ClNO2/c7-10-6(9)5-3-1-2-4-8-5/h1-4H. The third-order valence-electron chi connectivity index (χ3n) is 0.944. The van der Waals surface area contributed by atoms with Crippen molar-refractivity contribution in [3.05, 3.63) is 30.1 Å². The van der Waals surface area contributed by atoms with Gasteiger partial charge in [-0.15, -0.1) is 0 Å². The topological polar surface area (TPSA) is 39.2 Å². The fourth-order valence-electron chi connectivity index (χ4n) is 0.523. The number of rotatable bonds is 1. The second-order valence-corrected chi connectivity index (χ2v) is 1.73. The fourth-order valence-corrected chi connectivity index (χ4v) is 0.602. The van der Waals surface area contributed by atoms with E-state index in [4.69, 9.17) is 11.9 Å². The van der Waals surface area contributed by atoms with Crippen molar-refractivity contribution in [1.29, 1.82) is 0 Å². The molecule has 1 aromatic rings. The Morgan fingerprint density at radius 3 is 2.90 bits per heavy atom. The summed E-state index contributed by atoms with van der Waals surface area (Å²) in [6, 6.07) is 4.89. The SMILES string of the molecule is O=C(OCl)c1ccccn1. The van der Waals surface area contributed by atoms with Crippen LogP contribution in [0.5, 0.6) is 0 Å². The van der Waals surface area contributed by atoms with Gasteiger partial charge in [-0.25, -0.2) is 9.78 Å². The molecule has 52 valence electrons. The van der Waals surface area contributed by atoms with Crippen LogP contribution in [-0.4, -0.2) is 11.0 Å². The van der Waals surface area contributed by atoms with Crippen molar-refractivity contribution in [2.24, 2.45) is 0 Å². The summed E-state index contributed by atoms with van der Waals surface area (Å²) < 4.78 is 3.91. The van der Waals surface area contributed by atoms with Gasteiger partial charge in [0, 0.05) is 6.20 Å². The molecule has 0 saturated carbocycles. The van der Waals surface area contributed by atoms with Crippen LogP contribution in [0.2, 0.25) is 0 Å². The highest BCUT2D eigenvalue weighted by molar-refractivity contribution is 6.15. The number of aromatic nitrogens is 1. The molecular weight excluding hydrogens is 154 g/mol. The number of hydrogen-bond donors (Lipinski definition) is 0. The van der Waals surface area contributed by atoms with Crippen molar-refractivity contribution in [3.63, 3.8) is 0 Å². The minimum absolute atomic E-state index is 0.206. The molecule has 0 saturated heterocycles. The molecule has 4 heteroatoms. The minimum Gasteiger partial charge on any atom is -0.342 e. The van der Waals surface area contributed by atoms with Crippen molar-refractivity contribution >= 4 is 17.8 Å². The average molecular weight is 158 g/mol. The zero-order valence-corrected chi connectivity index (χ0v) is 5.71. The molecule has 0 radical (unpaired) electrons. The van der Waals surface area contributed by atoms with Gasteiger partial charge in [0.25, 0.3) is 0 Å². The zero-order chi connectivity index (χ0) is 7.40. The van der Waals surface area contributed by atoms with E-state index in [1.54, 1.807) is 12.1 Å². The number of carbonyl (C=O) groups excluding carboxylic acids is 1. The normalized spacial score (nSPS) is 8.90. The summed E-state index contributed by atoms with van der Waals surface area (Å²) in [5.41, 5.74) is 0.206. The van der Waals surface area contributed by atoms with Crippen molar-refractivity contribution in [1.82, 2.24) is 4.98 Å². The molecule has 0 aliphatic heterocycles. The lowest BCUT2D eigenvalue weighted by Crippen LogP contribution is -1.99. The Balaban J connectivity index is 2.85. The summed E-state index contributed by atoms with van der Waals surface area (Å²) in [6.45, 7) is 0. The van der Waals surface area contributed by atoms with Crippen LogP contribution in [0, 0.1) is 0 Å². The predicted octanol–water partition coefficient (Wildman–Crippen LogP) is 1.39. The Hall–Kier alpha value is -1.09. The number of hydrogen-bond acceptors (Lipinski definition) is 3. The van der Waals surface area contributed by atoms with Crippen molar-refractivity contribution < 1.29 is 9.08 Å². The van der Waals surface area contributed by atoms with Crippen molar-refractivity contribution in [2.45, 2.75) is 0 Å². The van der Waals surface area contributed by atoms with Gasteiger partial charge in [0.15, 0.2) is 0 Å². The van der Waals surface area contributed by atoms with Gasteiger partial charge in [0.1, 0.15) is 17.6 Å². The summed E-state index contributed by atoms with van der Waals surface area (Å²) in [4.78, 5) is 14.3. The largest absolute Gasteiger partial charge is 0.374 e. The predicted molar refractivity (Wildman–Crippen MR) is 35.5 cm³/mol. The Morgan fingerprint density at radius 2 is 2.40 bits per heavy atom. The van der Waals surface area contributed by atoms with Crippen LogP contribution >= 0.6 is 11.9 Å². The lowest BCUT2D eigenvalue weighted by atomic mass is 10.4. The Morgan fingerprint density at radius 1 is 1.60 bits per heavy atom. The molecule has 1 heterocycles. The van der Waals surface area contributed by atoms with E-state index >= 15 is 0 Å². The molecule has 0 aliphatic carbocycles. The Labute approximate surface area is 62.8 Å². The Bertz CT molecular complexity index is 224. The molecule has 0 aliphatic rings. The first kappa shape index (κ1) is 7.02. The van der Waals surface area contributed by atoms with E-state index in [9.17, 15) is 4.79 Å². The van der Waals surface area contributed by atoms with Crippen LogP contribution in [0.25, 0.3) is 0 Å². The molecular formula is C6H4ClNO2. The third-order valence-corrected chi connectivity index (χ3v) is 1.08. The molecule has 1 rings (SSSR count). The maximum absolute atomic E-state index is 10.6. The first-order valence-corrected chi connectivity index (χ1v) is 2.89. The summed E-state index contributed by atoms with van der Waals surface area (Å²) >= 11 is 4.80. The molecule has 0 N–H and O–H groups in total. The summed E-state index contributed by atoms with van der Waals surface area (Å²) in [5.74, 6) is -0.637. The van der Waals surface area contributed by atoms with E-state index in [0.717, 1.165) is 0 Å². The van der Waals surface area contributed by atoms with Gasteiger partial charge in [0.2, 0.25) is 0 Å². The highest BCUT2D eigenvalue weighted by atomic mass is 35.5. The minimum atomic E-state index is -0.637. The molecule has 0 amide bonds. The summed E-state index contributed by atoms with van der Waals surface area (Å²) in [5, 5.41) is 0. The van der Waals surface area contributed by atoms with Crippen molar-refractivity contribution in [3.8, 4) is 0 Å². The third kappa shape index (κ3) is 1.45. The van der Waals surface area contributed by atoms with E-state index in [1.807, 2.05) is 0 Å². The van der Waals surface area contributed by atoms with Crippen LogP contribution in [-0.2, 0) is 4.29 Å². The fraction of sp³-hybridized carbons (Fsp3) is 0. The van der Waals surface area contributed by atoms with Crippen LogP contribution in [0.1, 0.15) is 10.5 Å². The van der Waals surface area contributed by atoms with Gasteiger partial charge < -0.3 is 4.29 Å². The maximum Gasteiger partial charge on any atom is 0.374 e. The second kappa shape index (κ2) is 3.17. The van der Waals surface area contributed by atoms with Gasteiger partial charge in [-0.1, -0.05) is 6.07 Å². The van der Waals surface area contributed by atoms with Gasteiger partial charge in [-0.3, -0.25) is 0 Å². The lowest BCUT2D eigenvalue weighted by Gasteiger charge is -1.91. The monoisotopic (exact) mass is 157 g/mol. The lowest BCUT2D eigenvalue weighted by molar-refractivity contribution is 0.0745. The molecule has 0 fully saturated rings. The van der Waals surface area contributed by atoms with Crippen molar-refractivity contribution in [2.75, 3.05) is 0 Å². The molecule has 3 nitrogen and oxygen atoms in total. The maximum atomic E-state index is 10.6. The number of halogens is 1. The zero-order valence-electron chi connectivity index (χ0n) is 4.95. The highest BCUT2D eigenvalue weighted by Gasteiger charge is 2.04. The van der Waals surface area contributed by atoms with E-state index in [-0.39, 0.29) is 5.69 Å². The smallest absolute Gasteiger partial charge is 0.342 e. The van der Waals surface area contributed by atoms with E-state index in [0.29, 0.717) is 0 Å². The molecule has 0 atom stereocenters. The molecule has 0 spiro atoms. The number of nitrogens with zero attached hydrogens (tertiary/aromatic N) is 1. The van der Waals surface area contributed by atoms with Crippen LogP contribution < -0.4 is 0 Å². The van der Waals surface area contributed by atoms with Crippen LogP contribution in [0.15, 0.2) is 24.4 Å². The van der Waals surface area contributed by atoms with Gasteiger partial charge in [-0.2, -0.15) is 0 Å². The quantitative estimate of drug-likeness (QED) is 0.619. The number of carbonyl (C=O) groups is 1. The summed E-state index contributed by atoms with van der Waals surface area (Å²) in [6.07, 6.45) is 1.49. The molecule has 10 heavy (non-hydrogen) atoms. The highest BCUT2D eigenvalue weighted by Crippen LogP contribution is 1.97. The van der Waals surface area contributed by atoms with Gasteiger partial charge >= 0.3 is 5.97 Å². The first-order valence-electron chi connectivity index (χ1n) is 2.58.